The van der Waals surface area contributed by atoms with E-state index < -0.39 is 5.91 Å². The molecule has 2 aromatic rings. The fourth-order valence-electron chi connectivity index (χ4n) is 3.09. The van der Waals surface area contributed by atoms with Crippen molar-refractivity contribution in [1.82, 2.24) is 15.1 Å². The second kappa shape index (κ2) is 8.33. The molecule has 0 atom stereocenters. The van der Waals surface area contributed by atoms with E-state index in [4.69, 9.17) is 17.3 Å². The van der Waals surface area contributed by atoms with E-state index in [1.807, 2.05) is 18.0 Å². The van der Waals surface area contributed by atoms with Gasteiger partial charge < -0.3 is 15.5 Å². The van der Waals surface area contributed by atoms with E-state index in [0.717, 1.165) is 39.3 Å². The monoisotopic (exact) mass is 374 g/mol. The molecule has 8 heteroatoms. The summed E-state index contributed by atoms with van der Waals surface area (Å²) in [4.78, 5) is 18.3. The van der Waals surface area contributed by atoms with Crippen LogP contribution in [0.4, 0.5) is 11.5 Å². The van der Waals surface area contributed by atoms with Crippen molar-refractivity contribution < 1.29 is 4.79 Å². The number of nitrogens with two attached hydrogens (primary N) is 1. The van der Waals surface area contributed by atoms with E-state index in [9.17, 15) is 4.79 Å². The van der Waals surface area contributed by atoms with Gasteiger partial charge in [0.2, 0.25) is 0 Å². The van der Waals surface area contributed by atoms with Gasteiger partial charge in [0, 0.05) is 52.0 Å². The maximum absolute atomic E-state index is 11.6. The molecule has 0 unspecified atom stereocenters. The van der Waals surface area contributed by atoms with Gasteiger partial charge in [-0.1, -0.05) is 29.8 Å². The molecule has 0 radical (unpaired) electrons. The highest BCUT2D eigenvalue weighted by Gasteiger charge is 2.19. The summed E-state index contributed by atoms with van der Waals surface area (Å²) >= 11 is 5.82. The largest absolute Gasteiger partial charge is 0.369 e. The lowest BCUT2D eigenvalue weighted by Crippen LogP contribution is -2.48. The van der Waals surface area contributed by atoms with Crippen LogP contribution in [-0.2, 0) is 0 Å². The third kappa shape index (κ3) is 4.42. The molecule has 0 aliphatic carbocycles. The Morgan fingerprint density at radius 2 is 1.88 bits per heavy atom. The Balaban J connectivity index is 1.53. The Morgan fingerprint density at radius 1 is 1.19 bits per heavy atom. The molecule has 2 heterocycles. The number of amides is 1. The predicted octanol–water partition coefficient (Wildman–Crippen LogP) is 1.49. The predicted molar refractivity (Wildman–Crippen MR) is 104 cm³/mol. The van der Waals surface area contributed by atoms with E-state index >= 15 is 0 Å². The van der Waals surface area contributed by atoms with Crippen molar-refractivity contribution >= 4 is 29.0 Å². The summed E-state index contributed by atoms with van der Waals surface area (Å²) < 4.78 is 0. The molecule has 1 amide bonds. The number of primary amides is 1. The normalized spacial score (nSPS) is 15.1. The van der Waals surface area contributed by atoms with Crippen LogP contribution < -0.4 is 15.5 Å². The first kappa shape index (κ1) is 18.4. The molecule has 0 saturated carbocycles. The molecule has 1 aromatic carbocycles. The average molecular weight is 375 g/mol. The number of carbonyl (C=O) groups excluding carboxylic acids is 1. The Kier molecular flexibility index (Phi) is 5.90. The number of para-hydroxylation sites is 1. The fourth-order valence-corrected chi connectivity index (χ4v) is 3.24. The molecule has 1 saturated heterocycles. The van der Waals surface area contributed by atoms with Crippen molar-refractivity contribution in [1.29, 1.82) is 0 Å². The standard InChI is InChI=1S/C18H23ClN6O/c1-23(18-15(17(20)26)13-16(19)21-22-18)7-8-24-9-11-25(12-10-24)14-5-3-2-4-6-14/h2-6,13H,7-12H2,1H3,(H2,20,26). The molecule has 7 nitrogen and oxygen atoms in total. The van der Waals surface area contributed by atoms with Crippen LogP contribution in [0.25, 0.3) is 0 Å². The van der Waals surface area contributed by atoms with Crippen LogP contribution in [-0.4, -0.2) is 67.3 Å². The highest BCUT2D eigenvalue weighted by molar-refractivity contribution is 6.29. The molecular formula is C18H23ClN6O. The minimum atomic E-state index is -0.555. The average Bonchev–Trinajstić information content (AvgIpc) is 2.67. The molecule has 1 aromatic heterocycles. The van der Waals surface area contributed by atoms with E-state index in [0.29, 0.717) is 11.4 Å². The van der Waals surface area contributed by atoms with Crippen LogP contribution in [0.5, 0.6) is 0 Å². The van der Waals surface area contributed by atoms with Gasteiger partial charge in [0.1, 0.15) is 0 Å². The SMILES string of the molecule is CN(CCN1CCN(c2ccccc2)CC1)c1nnc(Cl)cc1C(N)=O. The van der Waals surface area contributed by atoms with E-state index in [1.54, 1.807) is 0 Å². The fraction of sp³-hybridized carbons (Fsp3) is 0.389. The Labute approximate surface area is 158 Å². The molecule has 3 rings (SSSR count). The number of carbonyl (C=O) groups is 1. The number of rotatable bonds is 6. The van der Waals surface area contributed by atoms with Crippen molar-refractivity contribution in [3.8, 4) is 0 Å². The number of halogens is 1. The van der Waals surface area contributed by atoms with Crippen LogP contribution in [0.1, 0.15) is 10.4 Å². The van der Waals surface area contributed by atoms with Gasteiger partial charge in [0.05, 0.1) is 5.56 Å². The zero-order chi connectivity index (χ0) is 18.5. The van der Waals surface area contributed by atoms with Gasteiger partial charge in [-0.15, -0.1) is 10.2 Å². The number of benzene rings is 1. The summed E-state index contributed by atoms with van der Waals surface area (Å²) in [6, 6.07) is 11.9. The van der Waals surface area contributed by atoms with Gasteiger partial charge in [-0.2, -0.15) is 0 Å². The second-order valence-electron chi connectivity index (χ2n) is 6.35. The lowest BCUT2D eigenvalue weighted by Gasteiger charge is -2.36. The number of likely N-dealkylation sites (N-methyl/N-ethyl adjacent to an activating group) is 1. The number of piperazine rings is 1. The molecular weight excluding hydrogens is 352 g/mol. The highest BCUT2D eigenvalue weighted by atomic mass is 35.5. The van der Waals surface area contributed by atoms with Gasteiger partial charge in [-0.05, 0) is 18.2 Å². The summed E-state index contributed by atoms with van der Waals surface area (Å²) in [5.74, 6) is -0.0926. The zero-order valence-electron chi connectivity index (χ0n) is 14.8. The molecule has 0 spiro atoms. The maximum atomic E-state index is 11.6. The summed E-state index contributed by atoms with van der Waals surface area (Å²) in [5, 5.41) is 8.02. The highest BCUT2D eigenvalue weighted by Crippen LogP contribution is 2.19. The Bertz CT molecular complexity index is 749. The Morgan fingerprint density at radius 3 is 2.54 bits per heavy atom. The third-order valence-corrected chi connectivity index (χ3v) is 4.80. The summed E-state index contributed by atoms with van der Waals surface area (Å²) in [6.45, 7) is 5.60. The van der Waals surface area contributed by atoms with E-state index in [2.05, 4.69) is 44.3 Å². The van der Waals surface area contributed by atoms with Crippen LogP contribution >= 0.6 is 11.6 Å². The smallest absolute Gasteiger partial charge is 0.252 e. The lowest BCUT2D eigenvalue weighted by atomic mass is 10.2. The first-order valence-electron chi connectivity index (χ1n) is 8.61. The molecule has 26 heavy (non-hydrogen) atoms. The summed E-state index contributed by atoms with van der Waals surface area (Å²) in [7, 11) is 1.88. The maximum Gasteiger partial charge on any atom is 0.252 e. The molecule has 1 aliphatic rings. The number of hydrogen-bond donors (Lipinski definition) is 1. The molecule has 1 aliphatic heterocycles. The number of anilines is 2. The van der Waals surface area contributed by atoms with Gasteiger partial charge >= 0.3 is 0 Å². The van der Waals surface area contributed by atoms with Gasteiger partial charge in [0.15, 0.2) is 11.0 Å². The molecule has 138 valence electrons. The van der Waals surface area contributed by atoms with Gasteiger partial charge in [0.25, 0.3) is 5.91 Å². The minimum Gasteiger partial charge on any atom is -0.369 e. The minimum absolute atomic E-state index is 0.160. The molecule has 1 fully saturated rings. The van der Waals surface area contributed by atoms with Gasteiger partial charge in [-0.25, -0.2) is 0 Å². The number of aromatic nitrogens is 2. The van der Waals surface area contributed by atoms with Crippen molar-refractivity contribution in [2.24, 2.45) is 5.73 Å². The third-order valence-electron chi connectivity index (χ3n) is 4.62. The van der Waals surface area contributed by atoms with Crippen molar-refractivity contribution in [2.75, 3.05) is 56.1 Å². The molecule has 2 N–H and O–H groups in total. The first-order valence-corrected chi connectivity index (χ1v) is 8.99. The van der Waals surface area contributed by atoms with Crippen LogP contribution in [0.3, 0.4) is 0 Å². The van der Waals surface area contributed by atoms with Gasteiger partial charge in [-0.3, -0.25) is 9.69 Å². The summed E-state index contributed by atoms with van der Waals surface area (Å²) in [5.41, 5.74) is 6.99. The lowest BCUT2D eigenvalue weighted by molar-refractivity contribution is 0.1000. The quantitative estimate of drug-likeness (QED) is 0.825. The first-order chi connectivity index (χ1) is 12.5. The second-order valence-corrected chi connectivity index (χ2v) is 6.74. The van der Waals surface area contributed by atoms with Crippen LogP contribution in [0.2, 0.25) is 5.15 Å². The zero-order valence-corrected chi connectivity index (χ0v) is 15.6. The number of hydrogen-bond acceptors (Lipinski definition) is 6. The van der Waals surface area contributed by atoms with Crippen molar-refractivity contribution in [2.45, 2.75) is 0 Å². The van der Waals surface area contributed by atoms with Crippen LogP contribution in [0.15, 0.2) is 36.4 Å². The van der Waals surface area contributed by atoms with Crippen molar-refractivity contribution in [3.05, 3.63) is 47.1 Å². The van der Waals surface area contributed by atoms with E-state index in [1.165, 1.54) is 11.8 Å². The topological polar surface area (TPSA) is 78.6 Å². The van der Waals surface area contributed by atoms with Crippen molar-refractivity contribution in [3.63, 3.8) is 0 Å². The summed E-state index contributed by atoms with van der Waals surface area (Å²) in [6.07, 6.45) is 0. The van der Waals surface area contributed by atoms with Crippen LogP contribution in [0, 0.1) is 0 Å². The molecule has 0 bridgehead atoms. The Hall–Kier alpha value is -2.38. The van der Waals surface area contributed by atoms with E-state index in [-0.39, 0.29) is 5.15 Å². The number of nitrogens with zero attached hydrogens (tertiary/aromatic N) is 5.